The van der Waals surface area contributed by atoms with E-state index in [-0.39, 0.29) is 30.8 Å². The highest BCUT2D eigenvalue weighted by molar-refractivity contribution is 5.87. The number of hydrogen-bond acceptors (Lipinski definition) is 3. The van der Waals surface area contributed by atoms with E-state index in [1.54, 1.807) is 4.90 Å². The molecule has 0 aromatic heterocycles. The largest absolute Gasteiger partial charge is 0.355 e. The second-order valence-electron chi connectivity index (χ2n) is 4.50. The number of carbonyl (C=O) groups is 2. The van der Waals surface area contributed by atoms with E-state index in [0.29, 0.717) is 19.5 Å². The molecule has 0 aromatic rings. The summed E-state index contributed by atoms with van der Waals surface area (Å²) in [6.45, 7) is 7.31. The van der Waals surface area contributed by atoms with Crippen molar-refractivity contribution in [1.29, 1.82) is 0 Å². The Morgan fingerprint density at radius 2 is 1.79 bits per heavy atom. The lowest BCUT2D eigenvalue weighted by atomic mass is 10.1. The molecule has 0 radical (unpaired) electrons. The molecular weight excluding hydrogens is 266 g/mol. The number of nitrogens with one attached hydrogen (secondary N) is 1. The molecule has 0 aromatic carbocycles. The third-order valence-electron chi connectivity index (χ3n) is 2.63. The van der Waals surface area contributed by atoms with Gasteiger partial charge in [-0.25, -0.2) is 0 Å². The first kappa shape index (κ1) is 20.5. The molecule has 1 unspecified atom stereocenters. The van der Waals surface area contributed by atoms with Gasteiger partial charge in [0.15, 0.2) is 0 Å². The van der Waals surface area contributed by atoms with Gasteiger partial charge in [-0.1, -0.05) is 27.2 Å². The van der Waals surface area contributed by atoms with Crippen molar-refractivity contribution in [2.75, 3.05) is 19.6 Å². The minimum atomic E-state index is -0.486. The highest BCUT2D eigenvalue weighted by Gasteiger charge is 2.21. The van der Waals surface area contributed by atoms with Gasteiger partial charge in [0, 0.05) is 13.1 Å². The van der Waals surface area contributed by atoms with Gasteiger partial charge in [0.1, 0.15) is 0 Å². The van der Waals surface area contributed by atoms with Crippen molar-refractivity contribution in [3.8, 4) is 0 Å². The van der Waals surface area contributed by atoms with Gasteiger partial charge in [0.25, 0.3) is 0 Å². The Kier molecular flexibility index (Phi) is 13.2. The van der Waals surface area contributed by atoms with Gasteiger partial charge in [0.05, 0.1) is 12.6 Å². The Bertz CT molecular complexity index is 262. The predicted molar refractivity (Wildman–Crippen MR) is 80.3 cm³/mol. The van der Waals surface area contributed by atoms with E-state index in [1.807, 2.05) is 20.8 Å². The van der Waals surface area contributed by atoms with Crippen molar-refractivity contribution < 1.29 is 9.59 Å². The molecule has 0 heterocycles. The minimum absolute atomic E-state index is 0. The van der Waals surface area contributed by atoms with Crippen LogP contribution in [0.5, 0.6) is 0 Å². The molecule has 0 rings (SSSR count). The van der Waals surface area contributed by atoms with E-state index in [2.05, 4.69) is 5.32 Å². The molecule has 0 aliphatic carbocycles. The maximum Gasteiger partial charge on any atom is 0.239 e. The molecular formula is C13H28ClN3O2. The Balaban J connectivity index is 0. The number of halogens is 1. The molecule has 0 spiro atoms. The summed E-state index contributed by atoms with van der Waals surface area (Å²) in [6, 6.07) is -0.486. The maximum absolute atomic E-state index is 12.1. The van der Waals surface area contributed by atoms with Crippen LogP contribution < -0.4 is 11.1 Å². The second kappa shape index (κ2) is 12.2. The summed E-state index contributed by atoms with van der Waals surface area (Å²) in [4.78, 5) is 25.2. The fourth-order valence-electron chi connectivity index (χ4n) is 1.70. The highest BCUT2D eigenvalue weighted by atomic mass is 35.5. The minimum Gasteiger partial charge on any atom is -0.355 e. The molecule has 0 saturated carbocycles. The second-order valence-corrected chi connectivity index (χ2v) is 4.50. The van der Waals surface area contributed by atoms with Gasteiger partial charge in [-0.3, -0.25) is 9.59 Å². The standard InChI is InChI=1S/C13H27N3O2.ClH/c1-4-7-11(14)13(18)16(9-6-3)10-12(17)15-8-5-2;/h11H,4-10,14H2,1-3H3,(H,15,17);1H. The monoisotopic (exact) mass is 293 g/mol. The maximum atomic E-state index is 12.1. The molecule has 0 aliphatic heterocycles. The van der Waals surface area contributed by atoms with Crippen molar-refractivity contribution >= 4 is 24.2 Å². The smallest absolute Gasteiger partial charge is 0.239 e. The third kappa shape index (κ3) is 8.83. The van der Waals surface area contributed by atoms with Gasteiger partial charge < -0.3 is 16.0 Å². The summed E-state index contributed by atoms with van der Waals surface area (Å²) in [6.07, 6.45) is 3.25. The lowest BCUT2D eigenvalue weighted by Gasteiger charge is -2.24. The zero-order valence-corrected chi connectivity index (χ0v) is 13.1. The molecule has 1 atom stereocenters. The van der Waals surface area contributed by atoms with E-state index < -0.39 is 6.04 Å². The van der Waals surface area contributed by atoms with Crippen LogP contribution in [0.25, 0.3) is 0 Å². The van der Waals surface area contributed by atoms with Crippen LogP contribution in [0.3, 0.4) is 0 Å². The Labute approximate surface area is 122 Å². The number of nitrogens with zero attached hydrogens (tertiary/aromatic N) is 1. The van der Waals surface area contributed by atoms with E-state index in [9.17, 15) is 9.59 Å². The molecule has 19 heavy (non-hydrogen) atoms. The Morgan fingerprint density at radius 3 is 2.26 bits per heavy atom. The summed E-state index contributed by atoms with van der Waals surface area (Å²) >= 11 is 0. The van der Waals surface area contributed by atoms with Crippen molar-refractivity contribution in [3.05, 3.63) is 0 Å². The van der Waals surface area contributed by atoms with Crippen LogP contribution in [0, 0.1) is 0 Å². The summed E-state index contributed by atoms with van der Waals surface area (Å²) in [7, 11) is 0. The van der Waals surface area contributed by atoms with Gasteiger partial charge in [-0.15, -0.1) is 12.4 Å². The molecule has 0 saturated heterocycles. The zero-order chi connectivity index (χ0) is 14.0. The van der Waals surface area contributed by atoms with Crippen molar-refractivity contribution in [2.45, 2.75) is 52.5 Å². The first-order valence-corrected chi connectivity index (χ1v) is 6.87. The van der Waals surface area contributed by atoms with E-state index in [1.165, 1.54) is 0 Å². The van der Waals surface area contributed by atoms with Gasteiger partial charge in [-0.05, 0) is 19.3 Å². The molecule has 5 nitrogen and oxygen atoms in total. The first-order valence-electron chi connectivity index (χ1n) is 6.87. The number of nitrogens with two attached hydrogens (primary N) is 1. The predicted octanol–water partition coefficient (Wildman–Crippen LogP) is 1.30. The summed E-state index contributed by atoms with van der Waals surface area (Å²) < 4.78 is 0. The average Bonchev–Trinajstić information content (AvgIpc) is 2.35. The SMILES string of the molecule is CCCNC(=O)CN(CCC)C(=O)C(N)CCC.Cl. The molecule has 0 fully saturated rings. The van der Waals surface area contributed by atoms with Crippen molar-refractivity contribution in [2.24, 2.45) is 5.73 Å². The normalized spacial score (nSPS) is 11.4. The average molecular weight is 294 g/mol. The number of carbonyl (C=O) groups excluding carboxylic acids is 2. The topological polar surface area (TPSA) is 75.4 Å². The van der Waals surface area contributed by atoms with Crippen molar-refractivity contribution in [3.63, 3.8) is 0 Å². The fourth-order valence-corrected chi connectivity index (χ4v) is 1.70. The van der Waals surface area contributed by atoms with Crippen LogP contribution in [0.2, 0.25) is 0 Å². The number of hydrogen-bond donors (Lipinski definition) is 2. The van der Waals surface area contributed by atoms with Crippen LogP contribution in [0.1, 0.15) is 46.5 Å². The number of rotatable bonds is 9. The van der Waals surface area contributed by atoms with Gasteiger partial charge in [-0.2, -0.15) is 0 Å². The zero-order valence-electron chi connectivity index (χ0n) is 12.3. The van der Waals surface area contributed by atoms with E-state index >= 15 is 0 Å². The lowest BCUT2D eigenvalue weighted by molar-refractivity contribution is -0.137. The molecule has 0 aliphatic rings. The Morgan fingerprint density at radius 1 is 1.16 bits per heavy atom. The molecule has 114 valence electrons. The highest BCUT2D eigenvalue weighted by Crippen LogP contribution is 2.01. The molecule has 6 heteroatoms. The van der Waals surface area contributed by atoms with Gasteiger partial charge in [0.2, 0.25) is 11.8 Å². The fraction of sp³-hybridized carbons (Fsp3) is 0.846. The van der Waals surface area contributed by atoms with Crippen LogP contribution in [0.15, 0.2) is 0 Å². The van der Waals surface area contributed by atoms with Crippen molar-refractivity contribution in [1.82, 2.24) is 10.2 Å². The summed E-state index contributed by atoms with van der Waals surface area (Å²) in [5.41, 5.74) is 5.81. The summed E-state index contributed by atoms with van der Waals surface area (Å²) in [5, 5.41) is 2.77. The van der Waals surface area contributed by atoms with Crippen LogP contribution in [-0.2, 0) is 9.59 Å². The van der Waals surface area contributed by atoms with Crippen LogP contribution >= 0.6 is 12.4 Å². The Hall–Kier alpha value is -0.810. The van der Waals surface area contributed by atoms with E-state index in [0.717, 1.165) is 19.3 Å². The molecule has 2 amide bonds. The third-order valence-corrected chi connectivity index (χ3v) is 2.63. The van der Waals surface area contributed by atoms with Gasteiger partial charge >= 0.3 is 0 Å². The summed E-state index contributed by atoms with van der Waals surface area (Å²) in [5.74, 6) is -0.229. The lowest BCUT2D eigenvalue weighted by Crippen LogP contribution is -2.48. The van der Waals surface area contributed by atoms with E-state index in [4.69, 9.17) is 5.73 Å². The number of amides is 2. The molecule has 0 bridgehead atoms. The first-order chi connectivity index (χ1) is 8.56. The van der Waals surface area contributed by atoms with Crippen LogP contribution in [0.4, 0.5) is 0 Å². The quantitative estimate of drug-likeness (QED) is 0.673. The molecule has 3 N–H and O–H groups in total. The van der Waals surface area contributed by atoms with Crippen LogP contribution in [-0.4, -0.2) is 42.4 Å².